The lowest BCUT2D eigenvalue weighted by atomic mass is 10.1. The number of fused-ring (bicyclic) bond motifs is 1. The molecule has 0 radical (unpaired) electrons. The number of hydrogen-bond acceptors (Lipinski definition) is 6. The highest BCUT2D eigenvalue weighted by molar-refractivity contribution is 7.14. The highest BCUT2D eigenvalue weighted by Crippen LogP contribution is 2.35. The minimum absolute atomic E-state index is 0.149. The van der Waals surface area contributed by atoms with Crippen LogP contribution in [0.4, 0.5) is 14.2 Å². The molecule has 0 unspecified atom stereocenters. The van der Waals surface area contributed by atoms with Gasteiger partial charge in [0.05, 0.1) is 23.6 Å². The molecule has 0 aliphatic carbocycles. The number of anilines is 1. The predicted molar refractivity (Wildman–Crippen MR) is 112 cm³/mol. The molecule has 3 heterocycles. The lowest BCUT2D eigenvalue weighted by Gasteiger charge is -2.20. The average Bonchev–Trinajstić information content (AvgIpc) is 3.45. The second-order valence-electron chi connectivity index (χ2n) is 7.58. The molecular formula is C21H24FN3O5S. The SMILES string of the molecule is O=C(C[C@@H]1C[C@H]2O[C@H](CNC(=O)Nc3cccs3)[C@@H](O)[C@H]2O1)NCc1ccc(F)cc1. The number of amides is 3. The molecule has 31 heavy (non-hydrogen) atoms. The van der Waals surface area contributed by atoms with Crippen LogP contribution in [0, 0.1) is 5.82 Å². The van der Waals surface area contributed by atoms with Crippen LogP contribution in [0.3, 0.4) is 0 Å². The minimum Gasteiger partial charge on any atom is -0.388 e. The van der Waals surface area contributed by atoms with E-state index in [4.69, 9.17) is 9.47 Å². The van der Waals surface area contributed by atoms with Crippen LogP contribution in [0.5, 0.6) is 0 Å². The van der Waals surface area contributed by atoms with Crippen LogP contribution in [0.15, 0.2) is 41.8 Å². The fourth-order valence-corrected chi connectivity index (χ4v) is 4.40. The summed E-state index contributed by atoms with van der Waals surface area (Å²) in [6.45, 7) is 0.455. The summed E-state index contributed by atoms with van der Waals surface area (Å²) in [6.07, 6.45) is -2.02. The van der Waals surface area contributed by atoms with Crippen LogP contribution in [-0.2, 0) is 20.8 Å². The van der Waals surface area contributed by atoms with Gasteiger partial charge in [-0.15, -0.1) is 11.3 Å². The van der Waals surface area contributed by atoms with E-state index in [9.17, 15) is 19.1 Å². The number of carbonyl (C=O) groups excluding carboxylic acids is 2. The third kappa shape index (κ3) is 5.59. The van der Waals surface area contributed by atoms with Crippen molar-refractivity contribution in [2.24, 2.45) is 0 Å². The Bertz CT molecular complexity index is 895. The fraction of sp³-hybridized carbons (Fsp3) is 0.429. The maximum Gasteiger partial charge on any atom is 0.319 e. The Balaban J connectivity index is 1.17. The number of carbonyl (C=O) groups is 2. The van der Waals surface area contributed by atoms with E-state index in [2.05, 4.69) is 16.0 Å². The first-order valence-electron chi connectivity index (χ1n) is 10.1. The number of aliphatic hydroxyl groups is 1. The van der Waals surface area contributed by atoms with Crippen LogP contribution >= 0.6 is 11.3 Å². The first-order chi connectivity index (χ1) is 15.0. The smallest absolute Gasteiger partial charge is 0.319 e. The van der Waals surface area contributed by atoms with Gasteiger partial charge in [0, 0.05) is 19.5 Å². The van der Waals surface area contributed by atoms with Gasteiger partial charge in [-0.25, -0.2) is 9.18 Å². The molecule has 166 valence electrons. The third-order valence-electron chi connectivity index (χ3n) is 5.32. The molecule has 2 aliphatic rings. The normalized spacial score (nSPS) is 27.0. The number of aliphatic hydroxyl groups excluding tert-OH is 1. The second kappa shape index (κ2) is 9.73. The first kappa shape index (κ1) is 21.7. The molecule has 1 aromatic carbocycles. The predicted octanol–water partition coefficient (Wildman–Crippen LogP) is 2.00. The van der Waals surface area contributed by atoms with Crippen molar-refractivity contribution in [3.8, 4) is 0 Å². The van der Waals surface area contributed by atoms with Crippen molar-refractivity contribution < 1.29 is 28.6 Å². The van der Waals surface area contributed by atoms with Crippen LogP contribution in [0.2, 0.25) is 0 Å². The van der Waals surface area contributed by atoms with E-state index in [0.717, 1.165) is 10.6 Å². The number of urea groups is 1. The standard InChI is InChI=1S/C21H24FN3O5S/c22-13-5-3-12(4-6-13)10-23-17(26)9-14-8-15-20(29-14)19(27)16(30-15)11-24-21(28)25-18-2-1-7-31-18/h1-7,14-16,19-20,27H,8-11H2,(H,23,26)(H2,24,25,28)/t14-,15+,16+,19+,20-/m0/s1. The zero-order valence-electron chi connectivity index (χ0n) is 16.6. The highest BCUT2D eigenvalue weighted by Gasteiger charge is 2.50. The summed E-state index contributed by atoms with van der Waals surface area (Å²) in [5, 5.41) is 21.3. The van der Waals surface area contributed by atoms with Crippen LogP contribution in [0.1, 0.15) is 18.4 Å². The zero-order chi connectivity index (χ0) is 21.8. The van der Waals surface area contributed by atoms with Crippen molar-refractivity contribution in [2.75, 3.05) is 11.9 Å². The summed E-state index contributed by atoms with van der Waals surface area (Å²) < 4.78 is 24.6. The van der Waals surface area contributed by atoms with Crippen molar-refractivity contribution in [3.63, 3.8) is 0 Å². The van der Waals surface area contributed by atoms with Gasteiger partial charge in [-0.3, -0.25) is 10.1 Å². The average molecular weight is 450 g/mol. The Kier molecular flexibility index (Phi) is 6.81. The van der Waals surface area contributed by atoms with E-state index >= 15 is 0 Å². The molecule has 2 aliphatic heterocycles. The van der Waals surface area contributed by atoms with Gasteiger partial charge >= 0.3 is 6.03 Å². The van der Waals surface area contributed by atoms with Gasteiger partial charge in [-0.2, -0.15) is 0 Å². The van der Waals surface area contributed by atoms with E-state index in [0.29, 0.717) is 13.0 Å². The largest absolute Gasteiger partial charge is 0.388 e. The number of thiophene rings is 1. The second-order valence-corrected chi connectivity index (χ2v) is 8.53. The van der Waals surface area contributed by atoms with Crippen molar-refractivity contribution >= 4 is 28.3 Å². The van der Waals surface area contributed by atoms with Crippen molar-refractivity contribution in [3.05, 3.63) is 53.2 Å². The summed E-state index contributed by atoms with van der Waals surface area (Å²) in [6, 6.07) is 9.18. The molecule has 2 aromatic rings. The van der Waals surface area contributed by atoms with Gasteiger partial charge < -0.3 is 25.2 Å². The van der Waals surface area contributed by atoms with Crippen LogP contribution in [-0.4, -0.2) is 54.1 Å². The number of rotatable bonds is 7. The minimum atomic E-state index is -0.890. The van der Waals surface area contributed by atoms with Crippen molar-refractivity contribution in [1.29, 1.82) is 0 Å². The summed E-state index contributed by atoms with van der Waals surface area (Å²) in [5.74, 6) is -0.511. The number of halogens is 1. The quantitative estimate of drug-likeness (QED) is 0.517. The Morgan fingerprint density at radius 1 is 1.16 bits per heavy atom. The Morgan fingerprint density at radius 2 is 1.97 bits per heavy atom. The molecule has 0 spiro atoms. The van der Waals surface area contributed by atoms with Crippen molar-refractivity contribution in [2.45, 2.75) is 49.9 Å². The molecule has 4 rings (SSSR count). The third-order valence-corrected chi connectivity index (χ3v) is 6.10. The Morgan fingerprint density at radius 3 is 2.68 bits per heavy atom. The Labute approximate surface area is 182 Å². The number of hydrogen-bond donors (Lipinski definition) is 4. The van der Waals surface area contributed by atoms with E-state index in [1.165, 1.54) is 23.5 Å². The molecule has 8 nitrogen and oxygen atoms in total. The molecule has 10 heteroatoms. The van der Waals surface area contributed by atoms with Gasteiger partial charge in [0.15, 0.2) is 0 Å². The van der Waals surface area contributed by atoms with E-state index < -0.39 is 18.3 Å². The lowest BCUT2D eigenvalue weighted by molar-refractivity contribution is -0.124. The highest BCUT2D eigenvalue weighted by atomic mass is 32.1. The van der Waals surface area contributed by atoms with E-state index in [-0.39, 0.29) is 42.9 Å². The maximum absolute atomic E-state index is 12.9. The van der Waals surface area contributed by atoms with E-state index in [1.807, 2.05) is 11.4 Å². The Hall–Kier alpha value is -2.53. The number of ether oxygens (including phenoxy) is 2. The molecule has 3 amide bonds. The van der Waals surface area contributed by atoms with Gasteiger partial charge in [0.1, 0.15) is 24.1 Å². The van der Waals surface area contributed by atoms with Crippen LogP contribution in [0.25, 0.3) is 0 Å². The molecule has 2 fully saturated rings. The monoisotopic (exact) mass is 449 g/mol. The topological polar surface area (TPSA) is 109 Å². The van der Waals surface area contributed by atoms with Gasteiger partial charge in [-0.1, -0.05) is 12.1 Å². The zero-order valence-corrected chi connectivity index (χ0v) is 17.4. The molecular weight excluding hydrogens is 425 g/mol. The summed E-state index contributed by atoms with van der Waals surface area (Å²) >= 11 is 1.41. The van der Waals surface area contributed by atoms with Crippen LogP contribution < -0.4 is 16.0 Å². The molecule has 4 N–H and O–H groups in total. The number of nitrogens with one attached hydrogen (secondary N) is 3. The first-order valence-corrected chi connectivity index (χ1v) is 10.9. The number of benzene rings is 1. The molecule has 5 atom stereocenters. The molecule has 1 aromatic heterocycles. The van der Waals surface area contributed by atoms with Gasteiger partial charge in [-0.05, 0) is 35.2 Å². The molecule has 0 saturated carbocycles. The summed E-state index contributed by atoms with van der Waals surface area (Å²) in [4.78, 5) is 24.1. The van der Waals surface area contributed by atoms with Gasteiger partial charge in [0.2, 0.25) is 5.91 Å². The maximum atomic E-state index is 12.9. The summed E-state index contributed by atoms with van der Waals surface area (Å²) in [7, 11) is 0. The summed E-state index contributed by atoms with van der Waals surface area (Å²) in [5.41, 5.74) is 0.802. The van der Waals surface area contributed by atoms with Crippen molar-refractivity contribution in [1.82, 2.24) is 10.6 Å². The van der Waals surface area contributed by atoms with E-state index in [1.54, 1.807) is 18.2 Å². The lowest BCUT2D eigenvalue weighted by Crippen LogP contribution is -2.42. The fourth-order valence-electron chi connectivity index (χ4n) is 3.79. The van der Waals surface area contributed by atoms with Gasteiger partial charge in [0.25, 0.3) is 0 Å². The molecule has 2 saturated heterocycles. The molecule has 0 bridgehead atoms.